The molecule has 1 aliphatic rings. The van der Waals surface area contributed by atoms with Crippen LogP contribution in [0.15, 0.2) is 12.3 Å². The Morgan fingerprint density at radius 2 is 2.28 bits per heavy atom. The van der Waals surface area contributed by atoms with Crippen LogP contribution in [0.4, 0.5) is 0 Å². The van der Waals surface area contributed by atoms with Gasteiger partial charge >= 0.3 is 0 Å². The largest absolute Gasteiger partial charge is 0.345 e. The molecular formula is C12H18N4O2. The van der Waals surface area contributed by atoms with Gasteiger partial charge in [-0.25, -0.2) is 0 Å². The number of nitrogens with one attached hydrogen (secondary N) is 1. The highest BCUT2D eigenvalue weighted by molar-refractivity contribution is 5.92. The summed E-state index contributed by atoms with van der Waals surface area (Å²) in [6.07, 6.45) is 2.92. The quantitative estimate of drug-likeness (QED) is 0.836. The first-order chi connectivity index (χ1) is 8.60. The highest BCUT2D eigenvalue weighted by atomic mass is 16.2. The van der Waals surface area contributed by atoms with Gasteiger partial charge in [0.25, 0.3) is 0 Å². The van der Waals surface area contributed by atoms with Gasteiger partial charge < -0.3 is 10.2 Å². The third-order valence-corrected chi connectivity index (χ3v) is 3.18. The van der Waals surface area contributed by atoms with Crippen molar-refractivity contribution in [2.45, 2.75) is 32.9 Å². The van der Waals surface area contributed by atoms with Gasteiger partial charge in [-0.05, 0) is 19.4 Å². The van der Waals surface area contributed by atoms with Crippen molar-refractivity contribution in [2.75, 3.05) is 13.1 Å². The number of carbonyl (C=O) groups excluding carboxylic acids is 2. The molecule has 2 heterocycles. The molecule has 0 saturated carbocycles. The number of amides is 2. The standard InChI is InChI=1S/C12H18N4O2/c1-3-9(2)16-5-4-10(14-16)7-15-8-11(17)13-6-12(15)18/h4-5,9H,3,6-8H2,1-2H3,(H,13,17). The van der Waals surface area contributed by atoms with Crippen molar-refractivity contribution in [3.05, 3.63) is 18.0 Å². The average molecular weight is 250 g/mol. The monoisotopic (exact) mass is 250 g/mol. The van der Waals surface area contributed by atoms with E-state index in [2.05, 4.69) is 24.3 Å². The van der Waals surface area contributed by atoms with Crippen molar-refractivity contribution < 1.29 is 9.59 Å². The van der Waals surface area contributed by atoms with Crippen LogP contribution in [0.25, 0.3) is 0 Å². The molecule has 1 unspecified atom stereocenters. The van der Waals surface area contributed by atoms with Crippen LogP contribution in [0, 0.1) is 0 Å². The topological polar surface area (TPSA) is 67.2 Å². The molecule has 1 aromatic heterocycles. The molecule has 0 radical (unpaired) electrons. The van der Waals surface area contributed by atoms with Gasteiger partial charge in [0.1, 0.15) is 0 Å². The number of nitrogens with zero attached hydrogens (tertiary/aromatic N) is 3. The van der Waals surface area contributed by atoms with Crippen LogP contribution >= 0.6 is 0 Å². The molecule has 1 fully saturated rings. The first-order valence-electron chi connectivity index (χ1n) is 6.18. The van der Waals surface area contributed by atoms with Crippen molar-refractivity contribution in [3.8, 4) is 0 Å². The van der Waals surface area contributed by atoms with Crippen LogP contribution in [0.5, 0.6) is 0 Å². The van der Waals surface area contributed by atoms with E-state index in [1.54, 1.807) is 0 Å². The van der Waals surface area contributed by atoms with E-state index in [9.17, 15) is 9.59 Å². The Bertz CT molecular complexity index is 455. The molecule has 1 N–H and O–H groups in total. The van der Waals surface area contributed by atoms with E-state index in [1.165, 1.54) is 4.90 Å². The smallest absolute Gasteiger partial charge is 0.242 e. The first kappa shape index (κ1) is 12.6. The maximum Gasteiger partial charge on any atom is 0.242 e. The molecule has 0 aromatic carbocycles. The zero-order chi connectivity index (χ0) is 13.1. The van der Waals surface area contributed by atoms with E-state index in [1.807, 2.05) is 16.9 Å². The fourth-order valence-corrected chi connectivity index (χ4v) is 1.84. The molecule has 2 rings (SSSR count). The van der Waals surface area contributed by atoms with Crippen LogP contribution in [0.1, 0.15) is 32.0 Å². The molecule has 98 valence electrons. The third kappa shape index (κ3) is 2.69. The van der Waals surface area contributed by atoms with Crippen molar-refractivity contribution in [3.63, 3.8) is 0 Å². The molecule has 1 aromatic rings. The minimum atomic E-state index is -0.115. The molecule has 6 nitrogen and oxygen atoms in total. The lowest BCUT2D eigenvalue weighted by Gasteiger charge is -2.25. The summed E-state index contributed by atoms with van der Waals surface area (Å²) < 4.78 is 1.89. The summed E-state index contributed by atoms with van der Waals surface area (Å²) in [6, 6.07) is 2.24. The zero-order valence-electron chi connectivity index (χ0n) is 10.7. The van der Waals surface area contributed by atoms with Gasteiger partial charge in [-0.15, -0.1) is 0 Å². The molecule has 2 amide bonds. The predicted molar refractivity (Wildman–Crippen MR) is 65.7 cm³/mol. The molecule has 18 heavy (non-hydrogen) atoms. The van der Waals surface area contributed by atoms with E-state index in [0.717, 1.165) is 12.1 Å². The van der Waals surface area contributed by atoms with Crippen LogP contribution in [0.2, 0.25) is 0 Å². The van der Waals surface area contributed by atoms with Crippen LogP contribution in [-0.2, 0) is 16.1 Å². The van der Waals surface area contributed by atoms with Gasteiger partial charge in [-0.2, -0.15) is 5.10 Å². The fourth-order valence-electron chi connectivity index (χ4n) is 1.84. The summed E-state index contributed by atoms with van der Waals surface area (Å²) in [5.41, 5.74) is 0.818. The van der Waals surface area contributed by atoms with Gasteiger partial charge in [0.2, 0.25) is 11.8 Å². The second-order valence-corrected chi connectivity index (χ2v) is 4.57. The second kappa shape index (κ2) is 5.20. The number of hydrogen-bond donors (Lipinski definition) is 1. The number of carbonyl (C=O) groups is 2. The van der Waals surface area contributed by atoms with E-state index in [4.69, 9.17) is 0 Å². The number of piperazine rings is 1. The van der Waals surface area contributed by atoms with Crippen molar-refractivity contribution in [1.82, 2.24) is 20.0 Å². The normalized spacial score (nSPS) is 17.8. The molecule has 0 aliphatic carbocycles. The second-order valence-electron chi connectivity index (χ2n) is 4.57. The molecule has 1 atom stereocenters. The number of rotatable bonds is 4. The molecule has 6 heteroatoms. The number of aromatic nitrogens is 2. The molecule has 0 spiro atoms. The Morgan fingerprint density at radius 3 is 3.00 bits per heavy atom. The Morgan fingerprint density at radius 1 is 1.50 bits per heavy atom. The van der Waals surface area contributed by atoms with Crippen LogP contribution in [0.3, 0.4) is 0 Å². The lowest BCUT2D eigenvalue weighted by atomic mass is 10.3. The molecule has 0 bridgehead atoms. The molecule has 1 aliphatic heterocycles. The van der Waals surface area contributed by atoms with Crippen molar-refractivity contribution >= 4 is 11.8 Å². The van der Waals surface area contributed by atoms with Gasteiger partial charge in [0.05, 0.1) is 25.3 Å². The van der Waals surface area contributed by atoms with Gasteiger partial charge in [0.15, 0.2) is 0 Å². The summed E-state index contributed by atoms with van der Waals surface area (Å²) >= 11 is 0. The Balaban J connectivity index is 2.02. The molecule has 1 saturated heterocycles. The summed E-state index contributed by atoms with van der Waals surface area (Å²) in [4.78, 5) is 24.4. The molecular weight excluding hydrogens is 232 g/mol. The Kier molecular flexibility index (Phi) is 3.64. The van der Waals surface area contributed by atoms with Gasteiger partial charge in [0, 0.05) is 12.2 Å². The van der Waals surface area contributed by atoms with E-state index < -0.39 is 0 Å². The average Bonchev–Trinajstić information content (AvgIpc) is 2.81. The Labute approximate surface area is 106 Å². The van der Waals surface area contributed by atoms with E-state index in [0.29, 0.717) is 12.6 Å². The highest BCUT2D eigenvalue weighted by Gasteiger charge is 2.23. The van der Waals surface area contributed by atoms with E-state index in [-0.39, 0.29) is 24.9 Å². The summed E-state index contributed by atoms with van der Waals surface area (Å²) in [7, 11) is 0. The first-order valence-corrected chi connectivity index (χ1v) is 6.18. The van der Waals surface area contributed by atoms with Crippen LogP contribution < -0.4 is 5.32 Å². The number of hydrogen-bond acceptors (Lipinski definition) is 3. The SMILES string of the molecule is CCC(C)n1ccc(CN2CC(=O)NCC2=O)n1. The minimum absolute atomic E-state index is 0.0623. The lowest BCUT2D eigenvalue weighted by Crippen LogP contribution is -2.51. The maximum absolute atomic E-state index is 11.6. The van der Waals surface area contributed by atoms with E-state index >= 15 is 0 Å². The van der Waals surface area contributed by atoms with Crippen molar-refractivity contribution in [2.24, 2.45) is 0 Å². The van der Waals surface area contributed by atoms with Gasteiger partial charge in [-0.1, -0.05) is 6.92 Å². The van der Waals surface area contributed by atoms with Crippen LogP contribution in [-0.4, -0.2) is 39.6 Å². The fraction of sp³-hybridized carbons (Fsp3) is 0.583. The Hall–Kier alpha value is -1.85. The zero-order valence-corrected chi connectivity index (χ0v) is 10.7. The minimum Gasteiger partial charge on any atom is -0.345 e. The van der Waals surface area contributed by atoms with Gasteiger partial charge in [-0.3, -0.25) is 14.3 Å². The lowest BCUT2D eigenvalue weighted by molar-refractivity contribution is -0.141. The highest BCUT2D eigenvalue weighted by Crippen LogP contribution is 2.11. The summed E-state index contributed by atoms with van der Waals surface area (Å²) in [5.74, 6) is -0.177. The summed E-state index contributed by atoms with van der Waals surface area (Å²) in [6.45, 7) is 4.80. The maximum atomic E-state index is 11.6. The van der Waals surface area contributed by atoms with Crippen molar-refractivity contribution in [1.29, 1.82) is 0 Å². The summed E-state index contributed by atoms with van der Waals surface area (Å²) in [5, 5.41) is 6.95. The third-order valence-electron chi connectivity index (χ3n) is 3.18. The predicted octanol–water partition coefficient (Wildman–Crippen LogP) is 0.313.